The third-order valence-corrected chi connectivity index (χ3v) is 4.33. The predicted octanol–water partition coefficient (Wildman–Crippen LogP) is 3.93. The zero-order chi connectivity index (χ0) is 18.6. The molecule has 1 fully saturated rings. The molecule has 1 N–H and O–H groups in total. The van der Waals surface area contributed by atoms with E-state index < -0.39 is 0 Å². The topological polar surface area (TPSA) is 50.8 Å². The first kappa shape index (κ1) is 19.4. The van der Waals surface area contributed by atoms with E-state index in [0.29, 0.717) is 6.04 Å². The van der Waals surface area contributed by atoms with E-state index in [1.165, 1.54) is 0 Å². The first-order valence-electron chi connectivity index (χ1n) is 9.11. The Morgan fingerprint density at radius 1 is 1.24 bits per heavy atom. The number of rotatable bonds is 5. The molecule has 0 unspecified atom stereocenters. The second-order valence-electron chi connectivity index (χ2n) is 7.99. The number of anilines is 1. The van der Waals surface area contributed by atoms with E-state index in [1.807, 2.05) is 57.7 Å². The van der Waals surface area contributed by atoms with Crippen LogP contribution in [0.1, 0.15) is 47.5 Å². The smallest absolute Gasteiger partial charge is 0.227 e. The molecular weight excluding hydrogens is 316 g/mol. The molecule has 0 atom stereocenters. The number of amides is 1. The number of carbonyl (C=O) groups is 1. The van der Waals surface area contributed by atoms with Gasteiger partial charge >= 0.3 is 0 Å². The molecule has 0 aliphatic carbocycles. The normalized spacial score (nSPS) is 16.0. The number of nitrogens with one attached hydrogen (secondary N) is 1. The molecule has 5 nitrogen and oxygen atoms in total. The van der Waals surface area contributed by atoms with Crippen LogP contribution in [0.4, 0.5) is 5.69 Å². The molecule has 25 heavy (non-hydrogen) atoms. The van der Waals surface area contributed by atoms with E-state index in [9.17, 15) is 4.79 Å². The number of nitrogens with zero attached hydrogens (tertiary/aromatic N) is 1. The van der Waals surface area contributed by atoms with Gasteiger partial charge in [0.25, 0.3) is 0 Å². The molecule has 1 aromatic carbocycles. The summed E-state index contributed by atoms with van der Waals surface area (Å²) in [5, 5.41) is 3.58. The first-order valence-corrected chi connectivity index (χ1v) is 9.11. The molecular formula is C20H32N2O3. The molecule has 0 aromatic heterocycles. The van der Waals surface area contributed by atoms with Gasteiger partial charge < -0.3 is 19.7 Å². The minimum atomic E-state index is -0.314. The van der Waals surface area contributed by atoms with Gasteiger partial charge in [0.2, 0.25) is 5.91 Å². The summed E-state index contributed by atoms with van der Waals surface area (Å²) in [5.41, 5.74) is 0.638. The summed E-state index contributed by atoms with van der Waals surface area (Å²) in [6, 6.07) is 6.16. The third-order valence-electron chi connectivity index (χ3n) is 4.33. The second-order valence-corrected chi connectivity index (χ2v) is 7.99. The average Bonchev–Trinajstić information content (AvgIpc) is 2.55. The van der Waals surface area contributed by atoms with E-state index in [2.05, 4.69) is 5.32 Å². The SMILES string of the molecule is COc1ccc(OC(C)C)c(NC2CCN(C(=O)C(C)(C)C)CC2)c1. The third kappa shape index (κ3) is 5.28. The Bertz CT molecular complexity index is 585. The molecule has 1 aromatic rings. The van der Waals surface area contributed by atoms with Crippen LogP contribution in [0.3, 0.4) is 0 Å². The van der Waals surface area contributed by atoms with Crippen molar-refractivity contribution in [2.75, 3.05) is 25.5 Å². The number of ether oxygens (including phenoxy) is 2. The lowest BCUT2D eigenvalue weighted by atomic mass is 9.93. The molecule has 0 spiro atoms. The van der Waals surface area contributed by atoms with Gasteiger partial charge in [0.1, 0.15) is 11.5 Å². The van der Waals surface area contributed by atoms with Gasteiger partial charge in [-0.2, -0.15) is 0 Å². The molecule has 1 heterocycles. The fourth-order valence-corrected chi connectivity index (χ4v) is 3.03. The van der Waals surface area contributed by atoms with E-state index in [-0.39, 0.29) is 17.4 Å². The monoisotopic (exact) mass is 348 g/mol. The molecule has 0 saturated carbocycles. The highest BCUT2D eigenvalue weighted by Crippen LogP contribution is 2.32. The van der Waals surface area contributed by atoms with Crippen molar-refractivity contribution in [1.82, 2.24) is 4.90 Å². The lowest BCUT2D eigenvalue weighted by molar-refractivity contribution is -0.140. The molecule has 1 aliphatic heterocycles. The zero-order valence-corrected chi connectivity index (χ0v) is 16.4. The summed E-state index contributed by atoms with van der Waals surface area (Å²) in [5.74, 6) is 1.87. The van der Waals surface area contributed by atoms with Crippen LogP contribution in [0.25, 0.3) is 0 Å². The summed E-state index contributed by atoms with van der Waals surface area (Å²) in [6.45, 7) is 11.5. The average molecular weight is 348 g/mol. The van der Waals surface area contributed by atoms with Crippen molar-refractivity contribution in [2.24, 2.45) is 5.41 Å². The molecule has 5 heteroatoms. The Hall–Kier alpha value is -1.91. The maximum atomic E-state index is 12.4. The van der Waals surface area contributed by atoms with Crippen molar-refractivity contribution >= 4 is 11.6 Å². The molecule has 0 radical (unpaired) electrons. The van der Waals surface area contributed by atoms with Crippen LogP contribution in [0.5, 0.6) is 11.5 Å². The summed E-state index contributed by atoms with van der Waals surface area (Å²) in [7, 11) is 1.67. The van der Waals surface area contributed by atoms with Gasteiger partial charge in [-0.1, -0.05) is 20.8 Å². The highest BCUT2D eigenvalue weighted by Gasteiger charge is 2.30. The Morgan fingerprint density at radius 2 is 1.88 bits per heavy atom. The molecule has 1 saturated heterocycles. The van der Waals surface area contributed by atoms with Crippen molar-refractivity contribution in [1.29, 1.82) is 0 Å². The van der Waals surface area contributed by atoms with Crippen molar-refractivity contribution in [3.05, 3.63) is 18.2 Å². The minimum Gasteiger partial charge on any atom is -0.497 e. The number of hydrogen-bond acceptors (Lipinski definition) is 4. The highest BCUT2D eigenvalue weighted by molar-refractivity contribution is 5.81. The quantitative estimate of drug-likeness (QED) is 0.876. The van der Waals surface area contributed by atoms with Crippen LogP contribution in [-0.2, 0) is 4.79 Å². The summed E-state index contributed by atoms with van der Waals surface area (Å²) >= 11 is 0. The molecule has 1 aliphatic rings. The fourth-order valence-electron chi connectivity index (χ4n) is 3.03. The van der Waals surface area contributed by atoms with E-state index in [0.717, 1.165) is 43.1 Å². The standard InChI is InChI=1S/C20H32N2O3/c1-14(2)25-18-8-7-16(24-6)13-17(18)21-15-9-11-22(12-10-15)19(23)20(3,4)5/h7-8,13-15,21H,9-12H2,1-6H3. The van der Waals surface area contributed by atoms with Gasteiger partial charge in [-0.3, -0.25) is 4.79 Å². The molecule has 0 bridgehead atoms. The Morgan fingerprint density at radius 3 is 2.40 bits per heavy atom. The fraction of sp³-hybridized carbons (Fsp3) is 0.650. The summed E-state index contributed by atoms with van der Waals surface area (Å²) in [4.78, 5) is 14.4. The number of hydrogen-bond donors (Lipinski definition) is 1. The van der Waals surface area contributed by atoms with Gasteiger partial charge in [0.15, 0.2) is 0 Å². The Labute approximate surface area is 151 Å². The van der Waals surface area contributed by atoms with Crippen molar-refractivity contribution in [3.63, 3.8) is 0 Å². The predicted molar refractivity (Wildman–Crippen MR) is 101 cm³/mol. The van der Waals surface area contributed by atoms with E-state index in [1.54, 1.807) is 7.11 Å². The van der Waals surface area contributed by atoms with Crippen LogP contribution in [-0.4, -0.2) is 43.2 Å². The van der Waals surface area contributed by atoms with Crippen LogP contribution < -0.4 is 14.8 Å². The van der Waals surface area contributed by atoms with Gasteiger partial charge in [0.05, 0.1) is 18.9 Å². The first-order chi connectivity index (χ1) is 11.7. The molecule has 1 amide bonds. The molecule has 2 rings (SSSR count). The van der Waals surface area contributed by atoms with Gasteiger partial charge in [-0.05, 0) is 38.8 Å². The summed E-state index contributed by atoms with van der Waals surface area (Å²) in [6.07, 6.45) is 1.97. The van der Waals surface area contributed by atoms with Gasteiger partial charge in [0, 0.05) is 30.6 Å². The highest BCUT2D eigenvalue weighted by atomic mass is 16.5. The molecule has 140 valence electrons. The Balaban J connectivity index is 2.02. The van der Waals surface area contributed by atoms with Gasteiger partial charge in [-0.25, -0.2) is 0 Å². The van der Waals surface area contributed by atoms with Crippen LogP contribution in [0, 0.1) is 5.41 Å². The van der Waals surface area contributed by atoms with E-state index in [4.69, 9.17) is 9.47 Å². The number of carbonyl (C=O) groups excluding carboxylic acids is 1. The van der Waals surface area contributed by atoms with Crippen molar-refractivity contribution in [3.8, 4) is 11.5 Å². The van der Waals surface area contributed by atoms with Crippen LogP contribution >= 0.6 is 0 Å². The maximum absolute atomic E-state index is 12.4. The van der Waals surface area contributed by atoms with E-state index >= 15 is 0 Å². The zero-order valence-electron chi connectivity index (χ0n) is 16.4. The lowest BCUT2D eigenvalue weighted by Gasteiger charge is -2.36. The maximum Gasteiger partial charge on any atom is 0.227 e. The number of likely N-dealkylation sites (tertiary alicyclic amines) is 1. The largest absolute Gasteiger partial charge is 0.497 e. The van der Waals surface area contributed by atoms with Crippen molar-refractivity contribution < 1.29 is 14.3 Å². The summed E-state index contributed by atoms with van der Waals surface area (Å²) < 4.78 is 11.2. The number of benzene rings is 1. The van der Waals surface area contributed by atoms with Gasteiger partial charge in [-0.15, -0.1) is 0 Å². The number of methoxy groups -OCH3 is 1. The lowest BCUT2D eigenvalue weighted by Crippen LogP contribution is -2.46. The van der Waals surface area contributed by atoms with Crippen molar-refractivity contribution in [2.45, 2.75) is 59.6 Å². The van der Waals surface area contributed by atoms with Crippen LogP contribution in [0.15, 0.2) is 18.2 Å². The number of piperidine rings is 1. The Kier molecular flexibility index (Phi) is 6.20. The minimum absolute atomic E-state index is 0.111. The van der Waals surface area contributed by atoms with Crippen LogP contribution in [0.2, 0.25) is 0 Å². The second kappa shape index (κ2) is 7.98.